The molecule has 1 aromatic rings. The topological polar surface area (TPSA) is 68.1 Å². The van der Waals surface area contributed by atoms with Crippen molar-refractivity contribution in [1.29, 1.82) is 0 Å². The molecule has 0 aromatic carbocycles. The lowest BCUT2D eigenvalue weighted by atomic mass is 10.2. The molecule has 3 rings (SSSR count). The van der Waals surface area contributed by atoms with E-state index in [-0.39, 0.29) is 4.92 Å². The van der Waals surface area contributed by atoms with E-state index in [4.69, 9.17) is 11.6 Å². The van der Waals surface area contributed by atoms with Gasteiger partial charge in [0.15, 0.2) is 4.47 Å². The van der Waals surface area contributed by atoms with Crippen LogP contribution < -0.4 is 5.32 Å². The summed E-state index contributed by atoms with van der Waals surface area (Å²) in [7, 11) is 0. The first-order valence-corrected chi connectivity index (χ1v) is 8.43. The standard InChI is InChI=1S/C11H14ClN4O2S2/c1-2-7-6-19-16(5-8-3-14-11(12)20-8)9(15(17)18)4-13-10(7)16/h3,9,13H,2,4-6H2,1H3/q+1. The van der Waals surface area contributed by atoms with Crippen LogP contribution in [0.2, 0.25) is 4.47 Å². The van der Waals surface area contributed by atoms with Gasteiger partial charge in [-0.3, -0.25) is 10.1 Å². The Morgan fingerprint density at radius 3 is 3.10 bits per heavy atom. The first-order valence-electron chi connectivity index (χ1n) is 6.29. The molecule has 0 bridgehead atoms. The van der Waals surface area contributed by atoms with Crippen LogP contribution in [0.25, 0.3) is 0 Å². The zero-order valence-electron chi connectivity index (χ0n) is 10.8. The second-order valence-corrected chi connectivity index (χ2v) is 7.66. The fraction of sp³-hybridized carbons (Fsp3) is 0.545. The summed E-state index contributed by atoms with van der Waals surface area (Å²) in [6.07, 6.45) is 1.99. The highest BCUT2D eigenvalue weighted by Gasteiger charge is 2.59. The highest BCUT2D eigenvalue weighted by atomic mass is 35.5. The molecule has 9 heteroatoms. The minimum Gasteiger partial charge on any atom is -0.327 e. The molecule has 6 nitrogen and oxygen atoms in total. The quantitative estimate of drug-likeness (QED) is 0.397. The van der Waals surface area contributed by atoms with Crippen molar-refractivity contribution < 1.29 is 8.81 Å². The van der Waals surface area contributed by atoms with Crippen molar-refractivity contribution >= 4 is 34.9 Å². The Balaban J connectivity index is 2.00. The number of fused-ring (bicyclic) bond motifs is 1. The van der Waals surface area contributed by atoms with Crippen molar-refractivity contribution in [3.8, 4) is 0 Å². The summed E-state index contributed by atoms with van der Waals surface area (Å²) in [4.78, 5) is 16.3. The molecule has 0 amide bonds. The van der Waals surface area contributed by atoms with E-state index in [1.165, 1.54) is 16.9 Å². The number of quaternary nitrogens is 1. The monoisotopic (exact) mass is 333 g/mol. The second-order valence-electron chi connectivity index (χ2n) is 4.76. The van der Waals surface area contributed by atoms with Crippen LogP contribution in [-0.4, -0.2) is 32.3 Å². The van der Waals surface area contributed by atoms with Crippen LogP contribution in [0.4, 0.5) is 0 Å². The molecule has 2 aliphatic heterocycles. The van der Waals surface area contributed by atoms with Crippen LogP contribution in [0.5, 0.6) is 0 Å². The number of aromatic nitrogens is 1. The molecule has 0 saturated carbocycles. The number of thiazole rings is 1. The molecule has 0 radical (unpaired) electrons. The molecular formula is C11H14ClN4O2S2+. The molecular weight excluding hydrogens is 320 g/mol. The van der Waals surface area contributed by atoms with Crippen LogP contribution in [0.15, 0.2) is 17.6 Å². The number of hydrogen-bond donors (Lipinski definition) is 1. The maximum Gasteiger partial charge on any atom is 0.370 e. The average Bonchev–Trinajstić information content (AvgIpc) is 3.03. The lowest BCUT2D eigenvalue weighted by Gasteiger charge is -2.27. The zero-order chi connectivity index (χ0) is 14.3. The maximum atomic E-state index is 11.4. The summed E-state index contributed by atoms with van der Waals surface area (Å²) in [6, 6.07) is 0. The molecule has 2 aliphatic rings. The van der Waals surface area contributed by atoms with E-state index in [0.717, 1.165) is 22.9 Å². The Morgan fingerprint density at radius 1 is 1.70 bits per heavy atom. The molecule has 0 spiro atoms. The van der Waals surface area contributed by atoms with Crippen molar-refractivity contribution in [2.24, 2.45) is 0 Å². The minimum atomic E-state index is -0.653. The Bertz CT molecular complexity index is 591. The van der Waals surface area contributed by atoms with Crippen molar-refractivity contribution in [2.75, 3.05) is 12.3 Å². The largest absolute Gasteiger partial charge is 0.370 e. The van der Waals surface area contributed by atoms with E-state index in [2.05, 4.69) is 17.2 Å². The van der Waals surface area contributed by atoms with Crippen molar-refractivity contribution in [3.05, 3.63) is 37.0 Å². The normalized spacial score (nSPS) is 28.6. The van der Waals surface area contributed by atoms with E-state index < -0.39 is 6.17 Å². The Kier molecular flexibility index (Phi) is 3.65. The van der Waals surface area contributed by atoms with Gasteiger partial charge in [-0.05, 0) is 6.42 Å². The highest BCUT2D eigenvalue weighted by Crippen LogP contribution is 2.47. The van der Waals surface area contributed by atoms with Gasteiger partial charge in [0.1, 0.15) is 13.1 Å². The fourth-order valence-electron chi connectivity index (χ4n) is 2.74. The molecule has 1 fully saturated rings. The summed E-state index contributed by atoms with van der Waals surface area (Å²) in [6.45, 7) is 3.03. The van der Waals surface area contributed by atoms with Gasteiger partial charge in [-0.2, -0.15) is 0 Å². The van der Waals surface area contributed by atoms with Crippen LogP contribution in [-0.2, 0) is 6.54 Å². The number of nitrogens with zero attached hydrogens (tertiary/aromatic N) is 3. The van der Waals surface area contributed by atoms with Gasteiger partial charge in [-0.15, -0.1) is 15.2 Å². The Morgan fingerprint density at radius 2 is 2.50 bits per heavy atom. The first-order chi connectivity index (χ1) is 9.56. The molecule has 2 unspecified atom stereocenters. The van der Waals surface area contributed by atoms with Gasteiger partial charge in [0.2, 0.25) is 5.82 Å². The SMILES string of the molecule is CCC1=C2NCC([N+](=O)[O-])[N+]2(Cc2cnc(Cl)s2)SC1. The molecule has 3 heterocycles. The third-order valence-corrected chi connectivity index (χ3v) is 6.30. The zero-order valence-corrected chi connectivity index (χ0v) is 13.2. The predicted molar refractivity (Wildman–Crippen MR) is 79.6 cm³/mol. The highest BCUT2D eigenvalue weighted by molar-refractivity contribution is 7.94. The summed E-state index contributed by atoms with van der Waals surface area (Å²) < 4.78 is 0.794. The Labute approximate surface area is 129 Å². The van der Waals surface area contributed by atoms with E-state index >= 15 is 0 Å². The molecule has 20 heavy (non-hydrogen) atoms. The van der Waals surface area contributed by atoms with E-state index in [1.54, 1.807) is 18.1 Å². The summed E-state index contributed by atoms with van der Waals surface area (Å²) in [5, 5.41) is 14.7. The first kappa shape index (κ1) is 14.1. The number of hydrogen-bond acceptors (Lipinski definition) is 6. The molecule has 1 saturated heterocycles. The van der Waals surface area contributed by atoms with Crippen molar-refractivity contribution in [1.82, 2.24) is 10.3 Å². The van der Waals surface area contributed by atoms with Gasteiger partial charge in [0.25, 0.3) is 0 Å². The van der Waals surface area contributed by atoms with Gasteiger partial charge in [-0.25, -0.2) is 4.98 Å². The molecule has 1 aromatic heterocycles. The third-order valence-electron chi connectivity index (χ3n) is 3.70. The molecule has 2 atom stereocenters. The number of rotatable bonds is 4. The van der Waals surface area contributed by atoms with Crippen LogP contribution in [0.1, 0.15) is 18.2 Å². The molecule has 108 valence electrons. The van der Waals surface area contributed by atoms with Crippen LogP contribution in [0, 0.1) is 10.1 Å². The van der Waals surface area contributed by atoms with Gasteiger partial charge < -0.3 is 5.32 Å². The molecule has 0 aliphatic carbocycles. The summed E-state index contributed by atoms with van der Waals surface area (Å²) in [5.74, 6) is 1.86. The number of nitrogens with one attached hydrogen (secondary N) is 1. The van der Waals surface area contributed by atoms with Gasteiger partial charge in [0, 0.05) is 11.8 Å². The lowest BCUT2D eigenvalue weighted by molar-refractivity contribution is -0.891. The van der Waals surface area contributed by atoms with E-state index in [1.807, 2.05) is 0 Å². The van der Waals surface area contributed by atoms with Crippen molar-refractivity contribution in [2.45, 2.75) is 26.1 Å². The summed E-state index contributed by atoms with van der Waals surface area (Å²) in [5.41, 5.74) is 1.27. The number of nitro groups is 1. The van der Waals surface area contributed by atoms with E-state index in [9.17, 15) is 10.1 Å². The van der Waals surface area contributed by atoms with Gasteiger partial charge in [0.05, 0.1) is 27.5 Å². The average molecular weight is 334 g/mol. The van der Waals surface area contributed by atoms with Gasteiger partial charge in [-0.1, -0.05) is 18.5 Å². The number of halogens is 1. The third kappa shape index (κ3) is 2.11. The Hall–Kier alpha value is -0.830. The van der Waals surface area contributed by atoms with Crippen LogP contribution >= 0.6 is 34.9 Å². The predicted octanol–water partition coefficient (Wildman–Crippen LogP) is 2.60. The second kappa shape index (κ2) is 5.18. The van der Waals surface area contributed by atoms with E-state index in [0.29, 0.717) is 21.4 Å². The molecule has 1 N–H and O–H groups in total. The fourth-order valence-corrected chi connectivity index (χ4v) is 5.46. The van der Waals surface area contributed by atoms with Gasteiger partial charge >= 0.3 is 6.17 Å². The van der Waals surface area contributed by atoms with Crippen molar-refractivity contribution in [3.63, 3.8) is 0 Å². The van der Waals surface area contributed by atoms with Crippen LogP contribution in [0.3, 0.4) is 0 Å². The maximum absolute atomic E-state index is 11.4. The smallest absolute Gasteiger partial charge is 0.327 e. The summed E-state index contributed by atoms with van der Waals surface area (Å²) >= 11 is 8.90. The lowest BCUT2D eigenvalue weighted by Crippen LogP contribution is -2.47. The minimum absolute atomic E-state index is 0.172.